The van der Waals surface area contributed by atoms with Gasteiger partial charge in [0.25, 0.3) is 0 Å². The molecule has 2 aromatic rings. The molecule has 1 aliphatic carbocycles. The number of benzene rings is 1. The van der Waals surface area contributed by atoms with E-state index in [0.29, 0.717) is 6.61 Å². The maximum atomic E-state index is 6.65. The summed E-state index contributed by atoms with van der Waals surface area (Å²) in [6, 6.07) is 10.5. The molecule has 0 bridgehead atoms. The lowest BCUT2D eigenvalue weighted by Gasteiger charge is -2.09. The van der Waals surface area contributed by atoms with Crippen LogP contribution in [0.1, 0.15) is 46.0 Å². The summed E-state index contributed by atoms with van der Waals surface area (Å²) in [5.74, 6) is 0.908. The van der Waals surface area contributed by atoms with Crippen molar-refractivity contribution in [1.82, 2.24) is 0 Å². The molecule has 0 spiro atoms. The number of aryl methyl sites for hydroxylation is 2. The fourth-order valence-corrected chi connectivity index (χ4v) is 4.31. The molecule has 1 aromatic heterocycles. The van der Waals surface area contributed by atoms with Crippen molar-refractivity contribution in [2.45, 2.75) is 38.0 Å². The molecule has 1 aromatic carbocycles. The minimum absolute atomic E-state index is 0.0405. The molecule has 3 heteroatoms. The van der Waals surface area contributed by atoms with Gasteiger partial charge in [0.2, 0.25) is 0 Å². The average molecular weight is 307 g/mol. The number of fused-ring (bicyclic) bond motifs is 1. The SMILES string of the molecule is CCOc1ccc(C(Cl)c2cc3c(s2)CCCC3)cc1. The quantitative estimate of drug-likeness (QED) is 0.691. The maximum absolute atomic E-state index is 6.65. The Kier molecular flexibility index (Phi) is 4.32. The zero-order chi connectivity index (χ0) is 13.9. The second kappa shape index (κ2) is 6.19. The van der Waals surface area contributed by atoms with Crippen LogP contribution in [0.25, 0.3) is 0 Å². The molecule has 1 nitrogen and oxygen atoms in total. The third kappa shape index (κ3) is 2.87. The number of rotatable bonds is 4. The molecule has 3 rings (SSSR count). The predicted molar refractivity (Wildman–Crippen MR) is 86.3 cm³/mol. The molecule has 20 heavy (non-hydrogen) atoms. The maximum Gasteiger partial charge on any atom is 0.119 e. The van der Waals surface area contributed by atoms with Crippen LogP contribution in [0.4, 0.5) is 0 Å². The van der Waals surface area contributed by atoms with E-state index in [9.17, 15) is 0 Å². The molecule has 0 radical (unpaired) electrons. The average Bonchev–Trinajstić information content (AvgIpc) is 2.91. The highest BCUT2D eigenvalue weighted by Gasteiger charge is 2.18. The summed E-state index contributed by atoms with van der Waals surface area (Å²) in [5, 5.41) is -0.0405. The zero-order valence-electron chi connectivity index (χ0n) is 11.7. The molecular weight excluding hydrogens is 288 g/mol. The summed E-state index contributed by atoms with van der Waals surface area (Å²) in [7, 11) is 0. The number of hydrogen-bond donors (Lipinski definition) is 0. The Balaban J connectivity index is 1.80. The lowest BCUT2D eigenvalue weighted by Crippen LogP contribution is -1.96. The molecule has 0 fully saturated rings. The zero-order valence-corrected chi connectivity index (χ0v) is 13.3. The predicted octanol–water partition coefficient (Wildman–Crippen LogP) is 5.35. The van der Waals surface area contributed by atoms with Gasteiger partial charge in [0, 0.05) is 9.75 Å². The summed E-state index contributed by atoms with van der Waals surface area (Å²) < 4.78 is 5.47. The molecule has 0 aliphatic heterocycles. The highest BCUT2D eigenvalue weighted by atomic mass is 35.5. The van der Waals surface area contributed by atoms with Gasteiger partial charge in [0.1, 0.15) is 5.75 Å². The van der Waals surface area contributed by atoms with E-state index in [1.165, 1.54) is 36.1 Å². The van der Waals surface area contributed by atoms with Crippen molar-refractivity contribution >= 4 is 22.9 Å². The molecule has 106 valence electrons. The van der Waals surface area contributed by atoms with Crippen molar-refractivity contribution in [2.75, 3.05) is 6.61 Å². The topological polar surface area (TPSA) is 9.23 Å². The van der Waals surface area contributed by atoms with E-state index in [1.54, 1.807) is 4.88 Å². The van der Waals surface area contributed by atoms with Crippen molar-refractivity contribution in [3.05, 3.63) is 51.2 Å². The van der Waals surface area contributed by atoms with Crippen LogP contribution in [-0.4, -0.2) is 6.61 Å². The van der Waals surface area contributed by atoms with Crippen molar-refractivity contribution in [1.29, 1.82) is 0 Å². The number of halogens is 1. The van der Waals surface area contributed by atoms with Gasteiger partial charge in [-0.2, -0.15) is 0 Å². The van der Waals surface area contributed by atoms with E-state index in [-0.39, 0.29) is 5.38 Å². The monoisotopic (exact) mass is 306 g/mol. The molecule has 1 unspecified atom stereocenters. The first-order valence-electron chi connectivity index (χ1n) is 7.26. The van der Waals surface area contributed by atoms with Crippen LogP contribution < -0.4 is 4.74 Å². The van der Waals surface area contributed by atoms with Gasteiger partial charge in [-0.25, -0.2) is 0 Å². The Hall–Kier alpha value is -0.990. The van der Waals surface area contributed by atoms with Crippen molar-refractivity contribution in [3.8, 4) is 5.75 Å². The van der Waals surface area contributed by atoms with Crippen molar-refractivity contribution < 1.29 is 4.74 Å². The molecule has 1 atom stereocenters. The minimum Gasteiger partial charge on any atom is -0.494 e. The van der Waals surface area contributed by atoms with Crippen LogP contribution in [-0.2, 0) is 12.8 Å². The Bertz CT molecular complexity index is 550. The Morgan fingerprint density at radius 1 is 1.20 bits per heavy atom. The molecule has 0 saturated heterocycles. The summed E-state index contributed by atoms with van der Waals surface area (Å²) in [5.41, 5.74) is 2.67. The van der Waals surface area contributed by atoms with Crippen molar-refractivity contribution in [2.24, 2.45) is 0 Å². The third-order valence-corrected chi connectivity index (χ3v) is 5.67. The number of hydrogen-bond acceptors (Lipinski definition) is 2. The van der Waals surface area contributed by atoms with Crippen molar-refractivity contribution in [3.63, 3.8) is 0 Å². The first-order chi connectivity index (χ1) is 9.78. The number of alkyl halides is 1. The lowest BCUT2D eigenvalue weighted by atomic mass is 9.99. The summed E-state index contributed by atoms with van der Waals surface area (Å²) in [6.07, 6.45) is 5.09. The minimum atomic E-state index is -0.0405. The van der Waals surface area contributed by atoms with E-state index in [1.807, 2.05) is 30.4 Å². The van der Waals surface area contributed by atoms with Crippen LogP contribution in [0.2, 0.25) is 0 Å². The molecule has 1 heterocycles. The van der Waals surface area contributed by atoms with Gasteiger partial charge < -0.3 is 4.74 Å². The second-order valence-electron chi connectivity index (χ2n) is 5.17. The second-order valence-corrected chi connectivity index (χ2v) is 6.77. The van der Waals surface area contributed by atoms with Gasteiger partial charge in [0.05, 0.1) is 12.0 Å². The van der Waals surface area contributed by atoms with E-state index in [4.69, 9.17) is 16.3 Å². The Morgan fingerprint density at radius 2 is 1.95 bits per heavy atom. The normalized spacial score (nSPS) is 15.7. The van der Waals surface area contributed by atoms with Crippen LogP contribution in [0, 0.1) is 0 Å². The lowest BCUT2D eigenvalue weighted by molar-refractivity contribution is 0.340. The van der Waals surface area contributed by atoms with E-state index in [2.05, 4.69) is 18.2 Å². The first-order valence-corrected chi connectivity index (χ1v) is 8.51. The van der Waals surface area contributed by atoms with E-state index in [0.717, 1.165) is 11.3 Å². The van der Waals surface area contributed by atoms with Gasteiger partial charge in [-0.15, -0.1) is 22.9 Å². The summed E-state index contributed by atoms with van der Waals surface area (Å²) in [6.45, 7) is 2.69. The Labute approximate surface area is 129 Å². The molecule has 0 N–H and O–H groups in total. The fraction of sp³-hybridized carbons (Fsp3) is 0.412. The third-order valence-electron chi connectivity index (χ3n) is 3.75. The largest absolute Gasteiger partial charge is 0.494 e. The van der Waals surface area contributed by atoms with Gasteiger partial charge in [-0.05, 0) is 61.9 Å². The van der Waals surface area contributed by atoms with E-state index < -0.39 is 0 Å². The van der Waals surface area contributed by atoms with Crippen LogP contribution >= 0.6 is 22.9 Å². The first kappa shape index (κ1) is 14.0. The summed E-state index contributed by atoms with van der Waals surface area (Å²) in [4.78, 5) is 2.82. The Morgan fingerprint density at radius 3 is 2.65 bits per heavy atom. The molecule has 1 aliphatic rings. The summed E-state index contributed by atoms with van der Waals surface area (Å²) >= 11 is 8.54. The standard InChI is InChI=1S/C17H19ClOS/c1-2-19-14-9-7-12(8-10-14)17(18)16-11-13-5-3-4-6-15(13)20-16/h7-11,17H,2-6H2,1H3. The molecular formula is C17H19ClOS. The van der Waals surface area contributed by atoms with Gasteiger partial charge in [-0.1, -0.05) is 12.1 Å². The van der Waals surface area contributed by atoms with Crippen LogP contribution in [0.5, 0.6) is 5.75 Å². The highest BCUT2D eigenvalue weighted by Crippen LogP contribution is 2.38. The van der Waals surface area contributed by atoms with Crippen LogP contribution in [0.15, 0.2) is 30.3 Å². The van der Waals surface area contributed by atoms with Gasteiger partial charge in [-0.3, -0.25) is 0 Å². The van der Waals surface area contributed by atoms with Crippen LogP contribution in [0.3, 0.4) is 0 Å². The molecule has 0 saturated carbocycles. The smallest absolute Gasteiger partial charge is 0.119 e. The van der Waals surface area contributed by atoms with Gasteiger partial charge >= 0.3 is 0 Å². The fourth-order valence-electron chi connectivity index (χ4n) is 2.70. The highest BCUT2D eigenvalue weighted by molar-refractivity contribution is 7.12. The number of thiophene rings is 1. The number of ether oxygens (including phenoxy) is 1. The van der Waals surface area contributed by atoms with Gasteiger partial charge in [0.15, 0.2) is 0 Å². The van der Waals surface area contributed by atoms with E-state index >= 15 is 0 Å². The molecule has 0 amide bonds.